The summed E-state index contributed by atoms with van der Waals surface area (Å²) in [6.45, 7) is 6.18. The molecule has 0 aromatic rings. The van der Waals surface area contributed by atoms with Crippen molar-refractivity contribution in [1.82, 2.24) is 5.32 Å². The number of carbonyl (C=O) groups is 2. The first-order valence-electron chi connectivity index (χ1n) is 6.97. The van der Waals surface area contributed by atoms with Gasteiger partial charge in [-0.15, -0.1) is 0 Å². The molecule has 1 saturated carbocycles. The summed E-state index contributed by atoms with van der Waals surface area (Å²) >= 11 is 0. The summed E-state index contributed by atoms with van der Waals surface area (Å²) in [5.74, 6) is -1.64. The highest BCUT2D eigenvalue weighted by Crippen LogP contribution is 2.26. The lowest BCUT2D eigenvalue weighted by atomic mass is 9.84. The van der Waals surface area contributed by atoms with E-state index in [1.807, 2.05) is 20.8 Å². The molecule has 4 N–H and O–H groups in total. The maximum absolute atomic E-state index is 12.0. The maximum atomic E-state index is 12.0. The highest BCUT2D eigenvalue weighted by molar-refractivity contribution is 5.80. The molecule has 1 fully saturated rings. The van der Waals surface area contributed by atoms with E-state index in [-0.39, 0.29) is 29.8 Å². The van der Waals surface area contributed by atoms with E-state index in [4.69, 9.17) is 5.73 Å². The standard InChI is InChI=1S/C14H26N2O3/c1-14(2,3)7-9(13(18)19)8-16-12(17)10-5-4-6-11(10)15/h9-11H,4-8,15H2,1-3H3,(H,16,17)(H,18,19). The van der Waals surface area contributed by atoms with Crippen molar-refractivity contribution in [3.63, 3.8) is 0 Å². The third-order valence-corrected chi connectivity index (χ3v) is 3.64. The monoisotopic (exact) mass is 270 g/mol. The fraction of sp³-hybridized carbons (Fsp3) is 0.857. The van der Waals surface area contributed by atoms with Crippen LogP contribution in [0.3, 0.4) is 0 Å². The van der Waals surface area contributed by atoms with Gasteiger partial charge in [0.2, 0.25) is 5.91 Å². The molecule has 3 atom stereocenters. The van der Waals surface area contributed by atoms with Crippen molar-refractivity contribution in [2.24, 2.45) is 23.0 Å². The lowest BCUT2D eigenvalue weighted by Crippen LogP contribution is -2.42. The number of amides is 1. The molecule has 0 aromatic carbocycles. The van der Waals surface area contributed by atoms with Gasteiger partial charge < -0.3 is 16.2 Å². The van der Waals surface area contributed by atoms with E-state index in [1.54, 1.807) is 0 Å². The average Bonchev–Trinajstić information content (AvgIpc) is 2.68. The maximum Gasteiger partial charge on any atom is 0.308 e. The van der Waals surface area contributed by atoms with Crippen LogP contribution in [0.5, 0.6) is 0 Å². The topological polar surface area (TPSA) is 92.4 Å². The number of rotatable bonds is 5. The van der Waals surface area contributed by atoms with Crippen LogP contribution in [0.1, 0.15) is 46.5 Å². The molecule has 1 aliphatic rings. The number of hydrogen-bond acceptors (Lipinski definition) is 3. The van der Waals surface area contributed by atoms with Crippen LogP contribution >= 0.6 is 0 Å². The molecule has 0 heterocycles. The molecule has 0 saturated heterocycles. The minimum atomic E-state index is -0.856. The SMILES string of the molecule is CC(C)(C)CC(CNC(=O)C1CCCC1N)C(=O)O. The van der Waals surface area contributed by atoms with Gasteiger partial charge in [0.15, 0.2) is 0 Å². The summed E-state index contributed by atoms with van der Waals surface area (Å²) in [6, 6.07) is -0.0779. The van der Waals surface area contributed by atoms with Crippen molar-refractivity contribution in [2.45, 2.75) is 52.5 Å². The van der Waals surface area contributed by atoms with E-state index < -0.39 is 11.9 Å². The summed E-state index contributed by atoms with van der Waals surface area (Å²) in [7, 11) is 0. The highest BCUT2D eigenvalue weighted by Gasteiger charge is 2.31. The lowest BCUT2D eigenvalue weighted by molar-refractivity contribution is -0.142. The first kappa shape index (κ1) is 16.0. The summed E-state index contributed by atoms with van der Waals surface area (Å²) < 4.78 is 0. The largest absolute Gasteiger partial charge is 0.481 e. The van der Waals surface area contributed by atoms with Gasteiger partial charge in [0.1, 0.15) is 0 Å². The molecular weight excluding hydrogens is 244 g/mol. The van der Waals surface area contributed by atoms with Crippen LogP contribution in [0, 0.1) is 17.3 Å². The third-order valence-electron chi connectivity index (χ3n) is 3.64. The number of hydrogen-bond donors (Lipinski definition) is 3. The molecule has 0 aromatic heterocycles. The average molecular weight is 270 g/mol. The number of nitrogens with one attached hydrogen (secondary N) is 1. The minimum Gasteiger partial charge on any atom is -0.481 e. The van der Waals surface area contributed by atoms with Gasteiger partial charge in [0.25, 0.3) is 0 Å². The molecule has 1 rings (SSSR count). The van der Waals surface area contributed by atoms with Gasteiger partial charge in [-0.25, -0.2) is 0 Å². The molecule has 0 bridgehead atoms. The van der Waals surface area contributed by atoms with Crippen LogP contribution in [-0.4, -0.2) is 29.6 Å². The molecule has 0 aliphatic heterocycles. The Bertz CT molecular complexity index is 336. The van der Waals surface area contributed by atoms with Gasteiger partial charge in [0, 0.05) is 12.6 Å². The Morgan fingerprint density at radius 1 is 1.37 bits per heavy atom. The highest BCUT2D eigenvalue weighted by atomic mass is 16.4. The van der Waals surface area contributed by atoms with Gasteiger partial charge in [-0.05, 0) is 24.7 Å². The zero-order valence-corrected chi connectivity index (χ0v) is 12.1. The summed E-state index contributed by atoms with van der Waals surface area (Å²) in [5.41, 5.74) is 5.80. The Morgan fingerprint density at radius 2 is 2.00 bits per heavy atom. The normalized spacial score (nSPS) is 25.1. The van der Waals surface area contributed by atoms with Gasteiger partial charge in [0.05, 0.1) is 11.8 Å². The Morgan fingerprint density at radius 3 is 2.42 bits per heavy atom. The first-order chi connectivity index (χ1) is 8.70. The van der Waals surface area contributed by atoms with E-state index in [2.05, 4.69) is 5.32 Å². The predicted molar refractivity (Wildman–Crippen MR) is 73.5 cm³/mol. The number of carbonyl (C=O) groups excluding carboxylic acids is 1. The van der Waals surface area contributed by atoms with Gasteiger partial charge in [-0.2, -0.15) is 0 Å². The van der Waals surface area contributed by atoms with Gasteiger partial charge in [-0.3, -0.25) is 9.59 Å². The van der Waals surface area contributed by atoms with Crippen molar-refractivity contribution in [2.75, 3.05) is 6.54 Å². The van der Waals surface area contributed by atoms with E-state index in [0.29, 0.717) is 6.42 Å². The van der Waals surface area contributed by atoms with E-state index in [1.165, 1.54) is 0 Å². The quantitative estimate of drug-likeness (QED) is 0.703. The summed E-state index contributed by atoms with van der Waals surface area (Å²) in [5, 5.41) is 12.0. The molecular formula is C14H26N2O3. The van der Waals surface area contributed by atoms with E-state index >= 15 is 0 Å². The third kappa shape index (κ3) is 5.19. The zero-order valence-electron chi connectivity index (χ0n) is 12.1. The molecule has 0 spiro atoms. The van der Waals surface area contributed by atoms with Crippen molar-refractivity contribution in [3.05, 3.63) is 0 Å². The van der Waals surface area contributed by atoms with E-state index in [0.717, 1.165) is 19.3 Å². The fourth-order valence-corrected chi connectivity index (χ4v) is 2.66. The van der Waals surface area contributed by atoms with Crippen molar-refractivity contribution in [1.29, 1.82) is 0 Å². The first-order valence-corrected chi connectivity index (χ1v) is 6.97. The van der Waals surface area contributed by atoms with Crippen molar-refractivity contribution in [3.8, 4) is 0 Å². The van der Waals surface area contributed by atoms with Gasteiger partial charge >= 0.3 is 5.97 Å². The van der Waals surface area contributed by atoms with Gasteiger partial charge in [-0.1, -0.05) is 27.2 Å². The predicted octanol–water partition coefficient (Wildman–Crippen LogP) is 1.37. The molecule has 3 unspecified atom stereocenters. The minimum absolute atomic E-state index is 0.0719. The second-order valence-electron chi connectivity index (χ2n) is 6.75. The van der Waals surface area contributed by atoms with Crippen molar-refractivity contribution < 1.29 is 14.7 Å². The molecule has 110 valence electrons. The Labute approximate surface area is 114 Å². The van der Waals surface area contributed by atoms with Crippen LogP contribution in [0.25, 0.3) is 0 Å². The molecule has 5 heteroatoms. The van der Waals surface area contributed by atoms with Crippen molar-refractivity contribution >= 4 is 11.9 Å². The van der Waals surface area contributed by atoms with Crippen LogP contribution in [0.2, 0.25) is 0 Å². The van der Waals surface area contributed by atoms with Crippen LogP contribution in [0.15, 0.2) is 0 Å². The molecule has 1 aliphatic carbocycles. The van der Waals surface area contributed by atoms with Crippen LogP contribution in [0.4, 0.5) is 0 Å². The number of nitrogens with two attached hydrogens (primary N) is 1. The number of aliphatic carboxylic acids is 1. The summed E-state index contributed by atoms with van der Waals surface area (Å²) in [4.78, 5) is 23.2. The molecule has 5 nitrogen and oxygen atoms in total. The van der Waals surface area contributed by atoms with Crippen LogP contribution < -0.4 is 11.1 Å². The lowest BCUT2D eigenvalue weighted by Gasteiger charge is -2.24. The Kier molecular flexibility index (Phi) is 5.35. The molecule has 19 heavy (non-hydrogen) atoms. The number of carboxylic acid groups (broad SMARTS) is 1. The second kappa shape index (κ2) is 6.37. The smallest absolute Gasteiger partial charge is 0.308 e. The zero-order chi connectivity index (χ0) is 14.6. The summed E-state index contributed by atoms with van der Waals surface area (Å²) in [6.07, 6.45) is 3.20. The number of carboxylic acids is 1. The fourth-order valence-electron chi connectivity index (χ4n) is 2.66. The van der Waals surface area contributed by atoms with Crippen LogP contribution in [-0.2, 0) is 9.59 Å². The molecule has 0 radical (unpaired) electrons. The molecule has 1 amide bonds. The van der Waals surface area contributed by atoms with E-state index in [9.17, 15) is 14.7 Å². The second-order valence-corrected chi connectivity index (χ2v) is 6.75. The Balaban J connectivity index is 2.47. The Hall–Kier alpha value is -1.10.